The highest BCUT2D eigenvalue weighted by molar-refractivity contribution is 7.16. The van der Waals surface area contributed by atoms with Gasteiger partial charge < -0.3 is 11.1 Å². The van der Waals surface area contributed by atoms with Gasteiger partial charge in [0.15, 0.2) is 0 Å². The van der Waals surface area contributed by atoms with E-state index in [0.717, 1.165) is 42.8 Å². The molecule has 0 aromatic carbocycles. The minimum Gasteiger partial charge on any atom is -0.355 e. The van der Waals surface area contributed by atoms with Crippen molar-refractivity contribution < 1.29 is 4.79 Å². The second-order valence-electron chi connectivity index (χ2n) is 6.86. The SMILES string of the molecule is Cc1nc(-c2ccc(CCNC(=O)C3CCCCC3(C)N)s2)cs1. The Bertz CT molecular complexity index is 705. The lowest BCUT2D eigenvalue weighted by Gasteiger charge is -2.37. The lowest BCUT2D eigenvalue weighted by molar-refractivity contribution is -0.128. The number of thiazole rings is 1. The monoisotopic (exact) mass is 363 g/mol. The molecule has 1 aliphatic rings. The first-order chi connectivity index (χ1) is 11.5. The number of hydrogen-bond donors (Lipinski definition) is 2. The molecule has 6 heteroatoms. The highest BCUT2D eigenvalue weighted by Crippen LogP contribution is 2.32. The van der Waals surface area contributed by atoms with Crippen molar-refractivity contribution in [1.29, 1.82) is 0 Å². The van der Waals surface area contributed by atoms with E-state index in [4.69, 9.17) is 5.73 Å². The molecule has 24 heavy (non-hydrogen) atoms. The Labute approximate surface area is 151 Å². The smallest absolute Gasteiger partial charge is 0.224 e. The molecule has 0 spiro atoms. The number of nitrogens with two attached hydrogens (primary N) is 1. The van der Waals surface area contributed by atoms with Gasteiger partial charge in [-0.05, 0) is 45.2 Å². The van der Waals surface area contributed by atoms with Gasteiger partial charge in [0.2, 0.25) is 5.91 Å². The van der Waals surface area contributed by atoms with Crippen LogP contribution in [0.4, 0.5) is 0 Å². The zero-order valence-electron chi connectivity index (χ0n) is 14.3. The summed E-state index contributed by atoms with van der Waals surface area (Å²) in [6, 6.07) is 4.25. The van der Waals surface area contributed by atoms with Gasteiger partial charge in [0, 0.05) is 22.3 Å². The Morgan fingerprint density at radius 3 is 3.00 bits per heavy atom. The molecule has 1 amide bonds. The van der Waals surface area contributed by atoms with Crippen molar-refractivity contribution in [3.63, 3.8) is 0 Å². The maximum Gasteiger partial charge on any atom is 0.224 e. The van der Waals surface area contributed by atoms with Gasteiger partial charge in [-0.3, -0.25) is 4.79 Å². The molecule has 2 aromatic rings. The molecule has 0 aliphatic heterocycles. The molecule has 0 bridgehead atoms. The Morgan fingerprint density at radius 2 is 2.29 bits per heavy atom. The summed E-state index contributed by atoms with van der Waals surface area (Å²) in [7, 11) is 0. The van der Waals surface area contributed by atoms with Crippen LogP contribution in [0.5, 0.6) is 0 Å². The Balaban J connectivity index is 1.51. The van der Waals surface area contributed by atoms with E-state index in [2.05, 4.69) is 27.8 Å². The van der Waals surface area contributed by atoms with Gasteiger partial charge in [-0.25, -0.2) is 4.98 Å². The van der Waals surface area contributed by atoms with Crippen LogP contribution in [-0.4, -0.2) is 23.0 Å². The van der Waals surface area contributed by atoms with E-state index < -0.39 is 0 Å². The molecule has 130 valence electrons. The number of carbonyl (C=O) groups excluding carboxylic acids is 1. The molecule has 3 rings (SSSR count). The van der Waals surface area contributed by atoms with Gasteiger partial charge >= 0.3 is 0 Å². The highest BCUT2D eigenvalue weighted by Gasteiger charge is 2.37. The molecule has 1 aliphatic carbocycles. The number of hydrogen-bond acceptors (Lipinski definition) is 5. The summed E-state index contributed by atoms with van der Waals surface area (Å²) in [5.41, 5.74) is 7.01. The van der Waals surface area contributed by atoms with Gasteiger partial charge in [-0.2, -0.15) is 0 Å². The lowest BCUT2D eigenvalue weighted by atomic mass is 9.74. The number of rotatable bonds is 5. The van der Waals surface area contributed by atoms with Crippen molar-refractivity contribution in [2.24, 2.45) is 11.7 Å². The van der Waals surface area contributed by atoms with Crippen LogP contribution in [0.2, 0.25) is 0 Å². The number of aromatic nitrogens is 1. The third-order valence-electron chi connectivity index (χ3n) is 4.77. The van der Waals surface area contributed by atoms with Gasteiger partial charge in [0.1, 0.15) is 0 Å². The molecule has 4 nitrogen and oxygen atoms in total. The molecule has 0 saturated heterocycles. The normalized spacial score (nSPS) is 24.0. The molecule has 1 saturated carbocycles. The van der Waals surface area contributed by atoms with Crippen LogP contribution in [0.1, 0.15) is 42.5 Å². The maximum atomic E-state index is 12.4. The zero-order valence-corrected chi connectivity index (χ0v) is 15.9. The van der Waals surface area contributed by atoms with E-state index in [0.29, 0.717) is 6.54 Å². The molecule has 2 aromatic heterocycles. The molecule has 2 heterocycles. The standard InChI is InChI=1S/C18H25N3OS2/c1-12-21-15(11-23-12)16-7-6-13(24-16)8-10-20-17(22)14-5-3-4-9-18(14,2)19/h6-7,11,14H,3-5,8-10,19H2,1-2H3,(H,20,22). The number of thiophene rings is 1. The number of carbonyl (C=O) groups is 1. The second-order valence-corrected chi connectivity index (χ2v) is 9.09. The van der Waals surface area contributed by atoms with Crippen LogP contribution in [0.3, 0.4) is 0 Å². The number of nitrogens with zero attached hydrogens (tertiary/aromatic N) is 1. The number of amides is 1. The van der Waals surface area contributed by atoms with Crippen molar-refractivity contribution in [1.82, 2.24) is 10.3 Å². The minimum atomic E-state index is -0.360. The first kappa shape index (κ1) is 17.6. The van der Waals surface area contributed by atoms with Gasteiger partial charge in [-0.1, -0.05) is 12.8 Å². The van der Waals surface area contributed by atoms with Crippen LogP contribution in [-0.2, 0) is 11.2 Å². The lowest BCUT2D eigenvalue weighted by Crippen LogP contribution is -2.53. The average Bonchev–Trinajstić information content (AvgIpc) is 3.15. The summed E-state index contributed by atoms with van der Waals surface area (Å²) >= 11 is 3.43. The van der Waals surface area contributed by atoms with Crippen LogP contribution in [0, 0.1) is 12.8 Å². The number of nitrogens with one attached hydrogen (secondary N) is 1. The van der Waals surface area contributed by atoms with Crippen molar-refractivity contribution >= 4 is 28.6 Å². The van der Waals surface area contributed by atoms with Crippen molar-refractivity contribution in [2.75, 3.05) is 6.54 Å². The first-order valence-electron chi connectivity index (χ1n) is 8.53. The van der Waals surface area contributed by atoms with Crippen molar-refractivity contribution in [3.05, 3.63) is 27.4 Å². The molecule has 1 fully saturated rings. The number of aryl methyl sites for hydroxylation is 1. The van der Waals surface area contributed by atoms with E-state index >= 15 is 0 Å². The minimum absolute atomic E-state index is 0.0527. The Morgan fingerprint density at radius 1 is 1.46 bits per heavy atom. The van der Waals surface area contributed by atoms with E-state index in [-0.39, 0.29) is 17.4 Å². The fourth-order valence-electron chi connectivity index (χ4n) is 3.35. The highest BCUT2D eigenvalue weighted by atomic mass is 32.1. The van der Waals surface area contributed by atoms with E-state index in [9.17, 15) is 4.79 Å². The summed E-state index contributed by atoms with van der Waals surface area (Å²) in [6.45, 7) is 4.70. The summed E-state index contributed by atoms with van der Waals surface area (Å²) in [5.74, 6) is 0.0646. The Kier molecular flexibility index (Phi) is 5.37. The zero-order chi connectivity index (χ0) is 17.2. The van der Waals surface area contributed by atoms with Crippen LogP contribution in [0.15, 0.2) is 17.5 Å². The largest absolute Gasteiger partial charge is 0.355 e. The fraction of sp³-hybridized carbons (Fsp3) is 0.556. The molecule has 2 unspecified atom stereocenters. The van der Waals surface area contributed by atoms with Gasteiger partial charge in [0.25, 0.3) is 0 Å². The molecule has 3 N–H and O–H groups in total. The molecular formula is C18H25N3OS2. The van der Waals surface area contributed by atoms with Crippen molar-refractivity contribution in [2.45, 2.75) is 51.5 Å². The quantitative estimate of drug-likeness (QED) is 0.850. The fourth-order valence-corrected chi connectivity index (χ4v) is 5.00. The Hall–Kier alpha value is -1.24. The van der Waals surface area contributed by atoms with Crippen LogP contribution < -0.4 is 11.1 Å². The van der Waals surface area contributed by atoms with Gasteiger partial charge in [-0.15, -0.1) is 22.7 Å². The predicted octanol–water partition coefficient (Wildman–Crippen LogP) is 3.75. The molecular weight excluding hydrogens is 338 g/mol. The van der Waals surface area contributed by atoms with Crippen molar-refractivity contribution in [3.8, 4) is 10.6 Å². The summed E-state index contributed by atoms with van der Waals surface area (Å²) in [5, 5.41) is 6.27. The van der Waals surface area contributed by atoms with E-state index in [1.165, 1.54) is 9.75 Å². The summed E-state index contributed by atoms with van der Waals surface area (Å²) in [4.78, 5) is 19.4. The summed E-state index contributed by atoms with van der Waals surface area (Å²) < 4.78 is 0. The molecule has 2 atom stereocenters. The van der Waals surface area contributed by atoms with Gasteiger partial charge in [0.05, 0.1) is 21.5 Å². The first-order valence-corrected chi connectivity index (χ1v) is 10.2. The van der Waals surface area contributed by atoms with E-state index in [1.54, 1.807) is 22.7 Å². The third-order valence-corrected chi connectivity index (χ3v) is 6.72. The molecule has 0 radical (unpaired) electrons. The second kappa shape index (κ2) is 7.33. The average molecular weight is 364 g/mol. The topological polar surface area (TPSA) is 68.0 Å². The van der Waals surface area contributed by atoms with E-state index in [1.807, 2.05) is 13.8 Å². The summed E-state index contributed by atoms with van der Waals surface area (Å²) in [6.07, 6.45) is 4.93. The van der Waals surface area contributed by atoms with Crippen LogP contribution in [0.25, 0.3) is 10.6 Å². The third kappa shape index (κ3) is 4.05. The van der Waals surface area contributed by atoms with Crippen LogP contribution >= 0.6 is 22.7 Å². The predicted molar refractivity (Wildman–Crippen MR) is 101 cm³/mol. The maximum absolute atomic E-state index is 12.4.